The van der Waals surface area contributed by atoms with Crippen molar-refractivity contribution >= 4 is 16.2 Å². The molecule has 0 bridgehead atoms. The van der Waals surface area contributed by atoms with Gasteiger partial charge in [0, 0.05) is 6.04 Å². The first-order valence-corrected chi connectivity index (χ1v) is 8.20. The monoisotopic (exact) mass is 337 g/mol. The average molecular weight is 337 g/mol. The van der Waals surface area contributed by atoms with Gasteiger partial charge in [0.1, 0.15) is 5.75 Å². The highest BCUT2D eigenvalue weighted by molar-refractivity contribution is 7.86. The zero-order valence-corrected chi connectivity index (χ0v) is 13.4. The normalized spacial score (nSPS) is 12.7. The van der Waals surface area contributed by atoms with E-state index in [0.29, 0.717) is 11.3 Å². The summed E-state index contributed by atoms with van der Waals surface area (Å²) in [6.45, 7) is 3.34. The molecule has 122 valence electrons. The van der Waals surface area contributed by atoms with Crippen molar-refractivity contribution in [3.8, 4) is 5.75 Å². The van der Waals surface area contributed by atoms with Crippen molar-refractivity contribution in [3.05, 3.63) is 59.2 Å². The number of esters is 1. The molecule has 2 aromatic carbocycles. The summed E-state index contributed by atoms with van der Waals surface area (Å²) < 4.78 is 39.9. The maximum absolute atomic E-state index is 12.9. The van der Waals surface area contributed by atoms with Crippen molar-refractivity contribution in [3.63, 3.8) is 0 Å². The van der Waals surface area contributed by atoms with Gasteiger partial charge < -0.3 is 10.5 Å². The molecule has 2 N–H and O–H groups in total. The van der Waals surface area contributed by atoms with E-state index in [1.54, 1.807) is 24.3 Å². The number of carbonyl (C=O) groups excluding carboxylic acids is 1. The van der Waals surface area contributed by atoms with Crippen LogP contribution >= 0.6 is 0 Å². The second-order valence-electron chi connectivity index (χ2n) is 5.16. The maximum atomic E-state index is 12.9. The van der Waals surface area contributed by atoms with Crippen LogP contribution in [0.3, 0.4) is 0 Å². The lowest BCUT2D eigenvalue weighted by atomic mass is 10.1. The number of aryl methyl sites for hydroxylation is 1. The summed E-state index contributed by atoms with van der Waals surface area (Å²) in [6, 6.07) is 9.94. The molecule has 0 aromatic heterocycles. The van der Waals surface area contributed by atoms with Crippen LogP contribution in [0.5, 0.6) is 5.75 Å². The zero-order chi connectivity index (χ0) is 17.2. The molecule has 0 spiro atoms. The Morgan fingerprint density at radius 1 is 1.17 bits per heavy atom. The van der Waals surface area contributed by atoms with Gasteiger partial charge in [-0.2, -0.15) is 8.42 Å². The number of ether oxygens (including phenoxy) is 1. The third kappa shape index (κ3) is 4.14. The molecule has 0 saturated heterocycles. The molecule has 7 heteroatoms. The minimum atomic E-state index is -4.80. The van der Waals surface area contributed by atoms with Gasteiger partial charge in [0.2, 0.25) is 0 Å². The quantitative estimate of drug-likeness (QED) is 0.527. The van der Waals surface area contributed by atoms with E-state index in [1.807, 2.05) is 6.92 Å². The summed E-state index contributed by atoms with van der Waals surface area (Å²) in [5.74, 6) is -0.320. The Labute approximate surface area is 134 Å². The van der Waals surface area contributed by atoms with Crippen LogP contribution in [0.2, 0.25) is 0 Å². The number of halogens is 1. The molecule has 0 amide bonds. The minimum Gasteiger partial charge on any atom is -0.423 e. The van der Waals surface area contributed by atoms with Crippen LogP contribution in [-0.2, 0) is 10.2 Å². The summed E-state index contributed by atoms with van der Waals surface area (Å²) in [7, 11) is -4.80. The fraction of sp³-hybridized carbons (Fsp3) is 0.188. The van der Waals surface area contributed by atoms with E-state index >= 15 is 0 Å². The van der Waals surface area contributed by atoms with Crippen LogP contribution in [0, 0.1) is 6.92 Å². The predicted molar refractivity (Wildman–Crippen MR) is 83.5 cm³/mol. The van der Waals surface area contributed by atoms with E-state index in [0.717, 1.165) is 17.7 Å². The fourth-order valence-electron chi connectivity index (χ4n) is 2.02. The summed E-state index contributed by atoms with van der Waals surface area (Å²) in [6.07, 6.45) is 0. The van der Waals surface area contributed by atoms with Crippen LogP contribution in [-0.4, -0.2) is 14.4 Å². The van der Waals surface area contributed by atoms with E-state index in [1.165, 1.54) is 13.0 Å². The first-order chi connectivity index (χ1) is 10.7. The van der Waals surface area contributed by atoms with Gasteiger partial charge in [-0.3, -0.25) is 0 Å². The largest absolute Gasteiger partial charge is 0.423 e. The van der Waals surface area contributed by atoms with Gasteiger partial charge in [-0.1, -0.05) is 12.1 Å². The summed E-state index contributed by atoms with van der Waals surface area (Å²) >= 11 is 0. The van der Waals surface area contributed by atoms with Crippen molar-refractivity contribution in [1.29, 1.82) is 0 Å². The highest BCUT2D eigenvalue weighted by Gasteiger charge is 2.17. The number of hydrogen-bond acceptors (Lipinski definition) is 5. The number of hydrogen-bond donors (Lipinski definition) is 1. The molecular weight excluding hydrogens is 321 g/mol. The van der Waals surface area contributed by atoms with Crippen molar-refractivity contribution in [1.82, 2.24) is 0 Å². The molecule has 0 aliphatic rings. The van der Waals surface area contributed by atoms with Gasteiger partial charge in [-0.25, -0.2) is 4.79 Å². The van der Waals surface area contributed by atoms with E-state index in [4.69, 9.17) is 10.5 Å². The second kappa shape index (κ2) is 6.47. The molecule has 0 saturated carbocycles. The Bertz CT molecular complexity index is 830. The lowest BCUT2D eigenvalue weighted by molar-refractivity contribution is 0.0734. The van der Waals surface area contributed by atoms with E-state index < -0.39 is 21.1 Å². The third-order valence-electron chi connectivity index (χ3n) is 3.32. The van der Waals surface area contributed by atoms with E-state index in [-0.39, 0.29) is 11.6 Å². The number of rotatable bonds is 4. The Hall–Kier alpha value is -2.25. The van der Waals surface area contributed by atoms with Crippen molar-refractivity contribution < 1.29 is 21.8 Å². The molecule has 0 heterocycles. The van der Waals surface area contributed by atoms with E-state index in [9.17, 15) is 17.1 Å². The number of carbonyl (C=O) groups is 1. The molecule has 23 heavy (non-hydrogen) atoms. The predicted octanol–water partition coefficient (Wildman–Crippen LogP) is 2.89. The average Bonchev–Trinajstić information content (AvgIpc) is 2.46. The first-order valence-electron chi connectivity index (χ1n) is 6.81. The van der Waals surface area contributed by atoms with Crippen LogP contribution in [0.25, 0.3) is 0 Å². The molecule has 1 unspecified atom stereocenters. The molecule has 1 atom stereocenters. The molecule has 0 aliphatic carbocycles. The van der Waals surface area contributed by atoms with Crippen LogP contribution in [0.4, 0.5) is 3.89 Å². The lowest BCUT2D eigenvalue weighted by Crippen LogP contribution is -2.11. The molecule has 0 radical (unpaired) electrons. The van der Waals surface area contributed by atoms with Gasteiger partial charge in [0.15, 0.2) is 0 Å². The standard InChI is InChI=1S/C16H16FNO4S/c1-10-9-14(23(17,20)21)7-8-15(10)16(19)22-13-5-3-12(4-6-13)11(2)18/h3-9,11H,18H2,1-2H3. The third-order valence-corrected chi connectivity index (χ3v) is 4.13. The minimum absolute atomic E-state index is 0.128. The zero-order valence-electron chi connectivity index (χ0n) is 12.6. The van der Waals surface area contributed by atoms with Gasteiger partial charge in [0.25, 0.3) is 0 Å². The van der Waals surface area contributed by atoms with Crippen LogP contribution in [0.15, 0.2) is 47.4 Å². The first kappa shape index (κ1) is 17.1. The summed E-state index contributed by atoms with van der Waals surface area (Å²) in [4.78, 5) is 11.6. The molecule has 2 rings (SSSR count). The Morgan fingerprint density at radius 3 is 2.26 bits per heavy atom. The summed E-state index contributed by atoms with van der Waals surface area (Å²) in [5.41, 5.74) is 7.11. The van der Waals surface area contributed by atoms with Crippen LogP contribution in [0.1, 0.15) is 34.5 Å². The van der Waals surface area contributed by atoms with Gasteiger partial charge in [-0.05, 0) is 55.3 Å². The maximum Gasteiger partial charge on any atom is 0.343 e. The summed E-state index contributed by atoms with van der Waals surface area (Å²) in [5, 5.41) is 0. The highest BCUT2D eigenvalue weighted by Crippen LogP contribution is 2.21. The Balaban J connectivity index is 2.21. The van der Waals surface area contributed by atoms with Gasteiger partial charge in [0.05, 0.1) is 10.5 Å². The molecular formula is C16H16FNO4S. The molecule has 5 nitrogen and oxygen atoms in total. The topological polar surface area (TPSA) is 86.5 Å². The molecule has 0 fully saturated rings. The highest BCUT2D eigenvalue weighted by atomic mass is 32.3. The van der Waals surface area contributed by atoms with Crippen molar-refractivity contribution in [2.24, 2.45) is 5.73 Å². The molecule has 0 aliphatic heterocycles. The number of benzene rings is 2. The number of nitrogens with two attached hydrogens (primary N) is 1. The smallest absolute Gasteiger partial charge is 0.343 e. The van der Waals surface area contributed by atoms with Gasteiger partial charge in [-0.15, -0.1) is 3.89 Å². The van der Waals surface area contributed by atoms with Crippen molar-refractivity contribution in [2.75, 3.05) is 0 Å². The van der Waals surface area contributed by atoms with Crippen molar-refractivity contribution in [2.45, 2.75) is 24.8 Å². The second-order valence-corrected chi connectivity index (χ2v) is 6.51. The molecule has 2 aromatic rings. The lowest BCUT2D eigenvalue weighted by Gasteiger charge is -2.09. The Kier molecular flexibility index (Phi) is 4.82. The van der Waals surface area contributed by atoms with Gasteiger partial charge >= 0.3 is 16.2 Å². The Morgan fingerprint density at radius 2 is 1.78 bits per heavy atom. The van der Waals surface area contributed by atoms with E-state index in [2.05, 4.69) is 0 Å². The fourth-order valence-corrected chi connectivity index (χ4v) is 2.57. The van der Waals surface area contributed by atoms with Crippen LogP contribution < -0.4 is 10.5 Å². The SMILES string of the molecule is Cc1cc(S(=O)(=O)F)ccc1C(=O)Oc1ccc(C(C)N)cc1.